The number of carbonyl (C=O) groups is 1. The Kier molecular flexibility index (Phi) is 5.35. The zero-order chi connectivity index (χ0) is 14.4. The highest BCUT2D eigenvalue weighted by molar-refractivity contribution is 5.76. The van der Waals surface area contributed by atoms with Crippen LogP contribution in [0.3, 0.4) is 0 Å². The van der Waals surface area contributed by atoms with E-state index in [0.717, 1.165) is 31.5 Å². The lowest BCUT2D eigenvalue weighted by Crippen LogP contribution is -2.33. The maximum atomic E-state index is 11.9. The second-order valence-corrected chi connectivity index (χ2v) is 5.61. The summed E-state index contributed by atoms with van der Waals surface area (Å²) in [4.78, 5) is 25.5. The van der Waals surface area contributed by atoms with E-state index < -0.39 is 0 Å². The molecule has 1 aliphatic heterocycles. The number of nitrogens with one attached hydrogen (secondary N) is 3. The Labute approximate surface area is 119 Å². The van der Waals surface area contributed by atoms with Gasteiger partial charge in [-0.05, 0) is 43.3 Å². The lowest BCUT2D eigenvalue weighted by molar-refractivity contribution is -0.122. The van der Waals surface area contributed by atoms with Crippen molar-refractivity contribution in [3.63, 3.8) is 0 Å². The molecular weight excluding hydrogens is 254 g/mol. The Morgan fingerprint density at radius 3 is 2.80 bits per heavy atom. The van der Waals surface area contributed by atoms with Crippen molar-refractivity contribution < 1.29 is 4.79 Å². The minimum atomic E-state index is -0.125. The van der Waals surface area contributed by atoms with Crippen molar-refractivity contribution in [3.8, 4) is 0 Å². The first-order valence-corrected chi connectivity index (χ1v) is 7.30. The second-order valence-electron chi connectivity index (χ2n) is 5.61. The van der Waals surface area contributed by atoms with Gasteiger partial charge in [0.25, 0.3) is 0 Å². The Morgan fingerprint density at radius 2 is 2.15 bits per heavy atom. The number of aromatic amines is 1. The summed E-state index contributed by atoms with van der Waals surface area (Å²) in [7, 11) is 0. The van der Waals surface area contributed by atoms with E-state index >= 15 is 0 Å². The Bertz CT molecular complexity index is 472. The van der Waals surface area contributed by atoms with E-state index in [4.69, 9.17) is 0 Å². The number of pyridine rings is 1. The second kappa shape index (κ2) is 7.24. The molecule has 0 radical (unpaired) electrons. The summed E-state index contributed by atoms with van der Waals surface area (Å²) in [5.74, 6) is 1.16. The quantitative estimate of drug-likeness (QED) is 0.752. The molecule has 0 aromatic carbocycles. The van der Waals surface area contributed by atoms with Crippen LogP contribution in [0.2, 0.25) is 0 Å². The molecule has 1 aliphatic rings. The normalized spacial score (nSPS) is 17.6. The lowest BCUT2D eigenvalue weighted by Gasteiger charge is -2.27. The maximum Gasteiger partial charge on any atom is 0.247 e. The minimum absolute atomic E-state index is 0.0854. The first kappa shape index (κ1) is 14.8. The van der Waals surface area contributed by atoms with Crippen molar-refractivity contribution in [2.45, 2.75) is 32.7 Å². The molecule has 2 rings (SSSR count). The van der Waals surface area contributed by atoms with Crippen LogP contribution in [-0.2, 0) is 11.3 Å². The number of aromatic nitrogens is 1. The summed E-state index contributed by atoms with van der Waals surface area (Å²) in [5.41, 5.74) is 0.784. The topological polar surface area (TPSA) is 74.0 Å². The van der Waals surface area contributed by atoms with Crippen LogP contribution in [0.25, 0.3) is 0 Å². The van der Waals surface area contributed by atoms with Crippen LogP contribution in [0.1, 0.15) is 31.7 Å². The zero-order valence-electron chi connectivity index (χ0n) is 11.9. The van der Waals surface area contributed by atoms with Crippen LogP contribution in [-0.4, -0.2) is 24.0 Å². The van der Waals surface area contributed by atoms with E-state index in [9.17, 15) is 9.59 Å². The number of H-pyrrole nitrogens is 1. The lowest BCUT2D eigenvalue weighted by atomic mass is 9.84. The molecule has 0 spiro atoms. The predicted octanol–water partition coefficient (Wildman–Crippen LogP) is 1.02. The van der Waals surface area contributed by atoms with E-state index in [-0.39, 0.29) is 11.5 Å². The highest BCUT2D eigenvalue weighted by Crippen LogP contribution is 2.24. The van der Waals surface area contributed by atoms with Gasteiger partial charge in [0.1, 0.15) is 0 Å². The summed E-state index contributed by atoms with van der Waals surface area (Å²) in [6.07, 6.45) is 4.54. The molecule has 1 aromatic rings. The fourth-order valence-electron chi connectivity index (χ4n) is 2.70. The molecule has 0 aliphatic carbocycles. The van der Waals surface area contributed by atoms with Crippen molar-refractivity contribution in [1.29, 1.82) is 0 Å². The largest absolute Gasteiger partial charge is 0.352 e. The summed E-state index contributed by atoms with van der Waals surface area (Å²) in [6.45, 7) is 4.76. The van der Waals surface area contributed by atoms with Crippen LogP contribution >= 0.6 is 0 Å². The average molecular weight is 277 g/mol. The van der Waals surface area contributed by atoms with Gasteiger partial charge in [0.15, 0.2) is 0 Å². The molecule has 5 heteroatoms. The van der Waals surface area contributed by atoms with Crippen molar-refractivity contribution in [2.24, 2.45) is 11.8 Å². The number of piperidine rings is 1. The average Bonchev–Trinajstić information content (AvgIpc) is 2.47. The Balaban J connectivity index is 1.74. The highest BCUT2D eigenvalue weighted by atomic mass is 16.1. The molecule has 0 bridgehead atoms. The Hall–Kier alpha value is -1.62. The van der Waals surface area contributed by atoms with Crippen LogP contribution in [0, 0.1) is 11.8 Å². The Morgan fingerprint density at radius 1 is 1.40 bits per heavy atom. The van der Waals surface area contributed by atoms with Crippen LogP contribution in [0.15, 0.2) is 23.1 Å². The maximum absolute atomic E-state index is 11.9. The van der Waals surface area contributed by atoms with Crippen molar-refractivity contribution >= 4 is 5.91 Å². The molecule has 1 saturated heterocycles. The van der Waals surface area contributed by atoms with Gasteiger partial charge in [-0.25, -0.2) is 0 Å². The number of hydrogen-bond acceptors (Lipinski definition) is 3. The van der Waals surface area contributed by atoms with Crippen molar-refractivity contribution in [2.75, 3.05) is 13.1 Å². The van der Waals surface area contributed by atoms with E-state index in [1.807, 2.05) is 0 Å². The number of amides is 1. The van der Waals surface area contributed by atoms with E-state index in [1.54, 1.807) is 12.3 Å². The zero-order valence-corrected chi connectivity index (χ0v) is 11.9. The standard InChI is InChI=1S/C15H23N3O2/c1-11(13-4-6-16-7-5-13)8-15(20)18-10-12-2-3-14(19)17-9-12/h2-3,9,11,13,16H,4-8,10H2,1H3,(H,17,19)(H,18,20). The van der Waals surface area contributed by atoms with Gasteiger partial charge in [-0.15, -0.1) is 0 Å². The predicted molar refractivity (Wildman–Crippen MR) is 78.3 cm³/mol. The van der Waals surface area contributed by atoms with Crippen LogP contribution < -0.4 is 16.2 Å². The van der Waals surface area contributed by atoms with Crippen molar-refractivity contribution in [3.05, 3.63) is 34.2 Å². The summed E-state index contributed by atoms with van der Waals surface area (Å²) in [5, 5.41) is 6.26. The van der Waals surface area contributed by atoms with Gasteiger partial charge in [0.05, 0.1) is 0 Å². The molecule has 3 N–H and O–H groups in total. The van der Waals surface area contributed by atoms with Crippen LogP contribution in [0.5, 0.6) is 0 Å². The van der Waals surface area contributed by atoms with E-state index in [2.05, 4.69) is 22.5 Å². The van der Waals surface area contributed by atoms with Crippen LogP contribution in [0.4, 0.5) is 0 Å². The summed E-state index contributed by atoms with van der Waals surface area (Å²) >= 11 is 0. The third kappa shape index (κ3) is 4.49. The SMILES string of the molecule is CC(CC(=O)NCc1ccc(=O)[nH]c1)C1CCNCC1. The van der Waals surface area contributed by atoms with Gasteiger partial charge in [0.2, 0.25) is 11.5 Å². The van der Waals surface area contributed by atoms with Gasteiger partial charge in [-0.3, -0.25) is 9.59 Å². The van der Waals surface area contributed by atoms with Gasteiger partial charge < -0.3 is 15.6 Å². The highest BCUT2D eigenvalue weighted by Gasteiger charge is 2.21. The minimum Gasteiger partial charge on any atom is -0.352 e. The van der Waals surface area contributed by atoms with Gasteiger partial charge in [-0.2, -0.15) is 0 Å². The molecule has 1 unspecified atom stereocenters. The van der Waals surface area contributed by atoms with Gasteiger partial charge in [-0.1, -0.05) is 13.0 Å². The molecule has 5 nitrogen and oxygen atoms in total. The monoisotopic (exact) mass is 277 g/mol. The molecule has 1 fully saturated rings. The fraction of sp³-hybridized carbons (Fsp3) is 0.600. The summed E-state index contributed by atoms with van der Waals surface area (Å²) < 4.78 is 0. The van der Waals surface area contributed by atoms with Gasteiger partial charge in [0, 0.05) is 25.2 Å². The molecular formula is C15H23N3O2. The molecule has 1 amide bonds. The van der Waals surface area contributed by atoms with Crippen molar-refractivity contribution in [1.82, 2.24) is 15.6 Å². The molecule has 20 heavy (non-hydrogen) atoms. The molecule has 1 aromatic heterocycles. The number of carbonyl (C=O) groups excluding carboxylic acids is 1. The smallest absolute Gasteiger partial charge is 0.247 e. The molecule has 1 atom stereocenters. The number of hydrogen-bond donors (Lipinski definition) is 3. The van der Waals surface area contributed by atoms with E-state index in [1.165, 1.54) is 6.07 Å². The third-order valence-corrected chi connectivity index (χ3v) is 4.03. The molecule has 2 heterocycles. The first-order chi connectivity index (χ1) is 9.65. The molecule has 0 saturated carbocycles. The number of rotatable bonds is 5. The van der Waals surface area contributed by atoms with E-state index in [0.29, 0.717) is 24.8 Å². The molecule has 110 valence electrons. The first-order valence-electron chi connectivity index (χ1n) is 7.30. The third-order valence-electron chi connectivity index (χ3n) is 4.03. The fourth-order valence-corrected chi connectivity index (χ4v) is 2.70. The summed E-state index contributed by atoms with van der Waals surface area (Å²) in [6, 6.07) is 3.20. The van der Waals surface area contributed by atoms with Gasteiger partial charge >= 0.3 is 0 Å².